The summed E-state index contributed by atoms with van der Waals surface area (Å²) < 4.78 is 0.931. The van der Waals surface area contributed by atoms with Crippen LogP contribution in [0.5, 0.6) is 0 Å². The molecule has 1 saturated carbocycles. The lowest BCUT2D eigenvalue weighted by atomic mass is 9.96. The zero-order chi connectivity index (χ0) is 15.0. The Labute approximate surface area is 127 Å². The first-order valence-corrected chi connectivity index (χ1v) is 8.19. The highest BCUT2D eigenvalue weighted by Crippen LogP contribution is 2.37. The number of rotatable bonds is 3. The fraction of sp³-hybridized carbons (Fsp3) is 0.533. The number of nitro groups is 1. The maximum absolute atomic E-state index is 11.2. The average Bonchev–Trinajstić information content (AvgIpc) is 2.87. The maximum Gasteiger partial charge on any atom is 0.296 e. The van der Waals surface area contributed by atoms with Gasteiger partial charge in [-0.2, -0.15) is 0 Å². The van der Waals surface area contributed by atoms with E-state index in [2.05, 4.69) is 10.3 Å². The zero-order valence-electron chi connectivity index (χ0n) is 12.3. The largest absolute Gasteiger partial charge is 0.359 e. The topological polar surface area (TPSA) is 68.1 Å². The van der Waals surface area contributed by atoms with Gasteiger partial charge in [-0.15, -0.1) is 0 Å². The number of nitro benzene ring substituents is 1. The highest BCUT2D eigenvalue weighted by Gasteiger charge is 2.21. The van der Waals surface area contributed by atoms with Crippen LogP contribution in [0.2, 0.25) is 0 Å². The van der Waals surface area contributed by atoms with Crippen LogP contribution in [-0.4, -0.2) is 15.9 Å². The van der Waals surface area contributed by atoms with Crippen molar-refractivity contribution in [1.29, 1.82) is 0 Å². The van der Waals surface area contributed by atoms with E-state index in [-0.39, 0.29) is 10.6 Å². The van der Waals surface area contributed by atoms with E-state index < -0.39 is 0 Å². The van der Waals surface area contributed by atoms with Crippen molar-refractivity contribution in [2.75, 3.05) is 5.32 Å². The molecule has 0 spiro atoms. The summed E-state index contributed by atoms with van der Waals surface area (Å²) in [7, 11) is 0. The highest BCUT2D eigenvalue weighted by atomic mass is 32.1. The second-order valence-electron chi connectivity index (χ2n) is 5.77. The fourth-order valence-electron chi connectivity index (χ4n) is 2.93. The molecule has 1 aliphatic rings. The van der Waals surface area contributed by atoms with Gasteiger partial charge in [-0.25, -0.2) is 4.98 Å². The molecular weight excluding hydrogens is 286 g/mol. The molecule has 0 amide bonds. The van der Waals surface area contributed by atoms with Gasteiger partial charge in [0.25, 0.3) is 5.69 Å². The predicted molar refractivity (Wildman–Crippen MR) is 86.2 cm³/mol. The van der Waals surface area contributed by atoms with Gasteiger partial charge in [-0.05, 0) is 37.8 Å². The van der Waals surface area contributed by atoms with Crippen LogP contribution in [0, 0.1) is 24.0 Å². The van der Waals surface area contributed by atoms with Crippen LogP contribution in [-0.2, 0) is 0 Å². The normalized spacial score (nSPS) is 16.3. The van der Waals surface area contributed by atoms with E-state index in [1.54, 1.807) is 6.07 Å². The number of nitrogens with zero attached hydrogens (tertiary/aromatic N) is 2. The van der Waals surface area contributed by atoms with Crippen molar-refractivity contribution in [3.05, 3.63) is 27.3 Å². The third kappa shape index (κ3) is 2.72. The molecule has 0 radical (unpaired) electrons. The van der Waals surface area contributed by atoms with E-state index >= 15 is 0 Å². The number of aromatic nitrogens is 1. The van der Waals surface area contributed by atoms with Gasteiger partial charge < -0.3 is 5.32 Å². The van der Waals surface area contributed by atoms with Gasteiger partial charge in [0.05, 0.1) is 9.62 Å². The smallest absolute Gasteiger partial charge is 0.296 e. The molecule has 0 bridgehead atoms. The minimum Gasteiger partial charge on any atom is -0.359 e. The molecule has 0 saturated heterocycles. The zero-order valence-corrected chi connectivity index (χ0v) is 13.1. The molecule has 0 aliphatic heterocycles. The first kappa shape index (κ1) is 14.3. The van der Waals surface area contributed by atoms with Crippen LogP contribution in [0.4, 0.5) is 10.8 Å². The lowest BCUT2D eigenvalue weighted by molar-refractivity contribution is -0.383. The molecule has 1 N–H and O–H groups in total. The SMILES string of the molecule is Cc1cc([N+](=O)[O-])c2nc(NC3CCCCC3)sc2c1C. The third-order valence-electron chi connectivity index (χ3n) is 4.28. The number of hydrogen-bond donors (Lipinski definition) is 1. The molecule has 1 fully saturated rings. The van der Waals surface area contributed by atoms with Crippen LogP contribution in [0.1, 0.15) is 43.2 Å². The second kappa shape index (κ2) is 5.60. The molecule has 2 aromatic rings. The Kier molecular flexibility index (Phi) is 3.80. The van der Waals surface area contributed by atoms with E-state index in [1.165, 1.54) is 30.6 Å². The number of hydrogen-bond acceptors (Lipinski definition) is 5. The number of nitrogens with one attached hydrogen (secondary N) is 1. The molecular formula is C15H19N3O2S. The van der Waals surface area contributed by atoms with Crippen LogP contribution in [0.25, 0.3) is 10.2 Å². The molecule has 5 nitrogen and oxygen atoms in total. The molecule has 1 aromatic heterocycles. The Hall–Kier alpha value is -1.69. The van der Waals surface area contributed by atoms with Crippen molar-refractivity contribution in [1.82, 2.24) is 4.98 Å². The predicted octanol–water partition coefficient (Wildman–Crippen LogP) is 4.57. The lowest BCUT2D eigenvalue weighted by Crippen LogP contribution is -2.21. The molecule has 6 heteroatoms. The summed E-state index contributed by atoms with van der Waals surface area (Å²) in [5.74, 6) is 0. The number of aryl methyl sites for hydroxylation is 2. The summed E-state index contributed by atoms with van der Waals surface area (Å²) in [5.41, 5.74) is 2.67. The summed E-state index contributed by atoms with van der Waals surface area (Å²) in [6.07, 6.45) is 6.13. The first-order valence-electron chi connectivity index (χ1n) is 7.38. The maximum atomic E-state index is 11.2. The summed E-state index contributed by atoms with van der Waals surface area (Å²) >= 11 is 1.54. The number of benzene rings is 1. The number of thiazole rings is 1. The second-order valence-corrected chi connectivity index (χ2v) is 6.77. The van der Waals surface area contributed by atoms with Crippen molar-refractivity contribution >= 4 is 32.4 Å². The molecule has 21 heavy (non-hydrogen) atoms. The standard InChI is InChI=1S/C15H19N3O2S/c1-9-8-12(18(19)20)13-14(10(9)2)21-15(17-13)16-11-6-4-3-5-7-11/h8,11H,3-7H2,1-2H3,(H,16,17). The molecule has 3 rings (SSSR count). The lowest BCUT2D eigenvalue weighted by Gasteiger charge is -2.22. The van der Waals surface area contributed by atoms with Gasteiger partial charge in [0.2, 0.25) is 0 Å². The van der Waals surface area contributed by atoms with Crippen LogP contribution in [0.15, 0.2) is 6.07 Å². The average molecular weight is 305 g/mol. The third-order valence-corrected chi connectivity index (χ3v) is 5.39. The van der Waals surface area contributed by atoms with E-state index in [4.69, 9.17) is 0 Å². The van der Waals surface area contributed by atoms with E-state index in [1.807, 2.05) is 13.8 Å². The van der Waals surface area contributed by atoms with Crippen molar-refractivity contribution < 1.29 is 4.92 Å². The number of fused-ring (bicyclic) bond motifs is 1. The van der Waals surface area contributed by atoms with Gasteiger partial charge >= 0.3 is 0 Å². The highest BCUT2D eigenvalue weighted by molar-refractivity contribution is 7.22. The van der Waals surface area contributed by atoms with Crippen LogP contribution >= 0.6 is 11.3 Å². The Bertz CT molecular complexity index is 690. The van der Waals surface area contributed by atoms with Crippen LogP contribution < -0.4 is 5.32 Å². The molecule has 0 unspecified atom stereocenters. The quantitative estimate of drug-likeness (QED) is 0.666. The fourth-order valence-corrected chi connectivity index (χ4v) is 4.05. The monoisotopic (exact) mass is 305 g/mol. The molecule has 0 atom stereocenters. The van der Waals surface area contributed by atoms with Crippen molar-refractivity contribution in [2.24, 2.45) is 0 Å². The Balaban J connectivity index is 2.00. The van der Waals surface area contributed by atoms with Gasteiger partial charge in [0.1, 0.15) is 0 Å². The molecule has 1 aromatic carbocycles. The van der Waals surface area contributed by atoms with E-state index in [0.29, 0.717) is 11.6 Å². The van der Waals surface area contributed by atoms with Gasteiger partial charge in [-0.1, -0.05) is 30.6 Å². The van der Waals surface area contributed by atoms with E-state index in [0.717, 1.165) is 33.8 Å². The summed E-state index contributed by atoms with van der Waals surface area (Å²) in [4.78, 5) is 15.4. The van der Waals surface area contributed by atoms with Gasteiger partial charge in [0, 0.05) is 12.1 Å². The Morgan fingerprint density at radius 1 is 1.33 bits per heavy atom. The van der Waals surface area contributed by atoms with E-state index in [9.17, 15) is 10.1 Å². The Morgan fingerprint density at radius 3 is 2.71 bits per heavy atom. The summed E-state index contributed by atoms with van der Waals surface area (Å²) in [6, 6.07) is 2.08. The minimum absolute atomic E-state index is 0.112. The van der Waals surface area contributed by atoms with Gasteiger partial charge in [-0.3, -0.25) is 10.1 Å². The van der Waals surface area contributed by atoms with Crippen molar-refractivity contribution in [3.8, 4) is 0 Å². The van der Waals surface area contributed by atoms with Crippen LogP contribution in [0.3, 0.4) is 0 Å². The number of non-ortho nitro benzene ring substituents is 1. The minimum atomic E-state index is -0.334. The summed E-state index contributed by atoms with van der Waals surface area (Å²) in [6.45, 7) is 3.92. The molecule has 112 valence electrons. The summed E-state index contributed by atoms with van der Waals surface area (Å²) in [5, 5.41) is 15.5. The van der Waals surface area contributed by atoms with Crippen molar-refractivity contribution in [3.63, 3.8) is 0 Å². The van der Waals surface area contributed by atoms with Crippen molar-refractivity contribution in [2.45, 2.75) is 52.0 Å². The Morgan fingerprint density at radius 2 is 2.05 bits per heavy atom. The van der Waals surface area contributed by atoms with Gasteiger partial charge in [0.15, 0.2) is 10.6 Å². The molecule has 1 aliphatic carbocycles. The molecule has 1 heterocycles. The number of anilines is 1. The first-order chi connectivity index (χ1) is 10.1.